The van der Waals surface area contributed by atoms with E-state index in [4.69, 9.17) is 26.8 Å². The zero-order valence-electron chi connectivity index (χ0n) is 11.4. The van der Waals surface area contributed by atoms with Crippen LogP contribution in [0.3, 0.4) is 0 Å². The Balaban J connectivity index is 2.13. The second-order valence-electron chi connectivity index (χ2n) is 4.20. The molecule has 1 aromatic carbocycles. The van der Waals surface area contributed by atoms with Gasteiger partial charge in [-0.2, -0.15) is 5.10 Å². The first-order chi connectivity index (χ1) is 10.1. The first-order valence-corrected chi connectivity index (χ1v) is 6.48. The van der Waals surface area contributed by atoms with Crippen molar-refractivity contribution in [2.45, 2.75) is 6.54 Å². The number of nitrogens with two attached hydrogens (primary N) is 1. The van der Waals surface area contributed by atoms with Crippen LogP contribution >= 0.6 is 11.6 Å². The summed E-state index contributed by atoms with van der Waals surface area (Å²) >= 11 is 6.15. The summed E-state index contributed by atoms with van der Waals surface area (Å²) in [6.07, 6.45) is 3.41. The van der Waals surface area contributed by atoms with E-state index in [0.29, 0.717) is 23.1 Å². The van der Waals surface area contributed by atoms with E-state index >= 15 is 0 Å². The van der Waals surface area contributed by atoms with E-state index in [1.807, 2.05) is 0 Å². The third kappa shape index (κ3) is 4.03. The van der Waals surface area contributed by atoms with Crippen LogP contribution < -0.4 is 20.5 Å². The standard InChI is InChI=1S/C13H15ClN4O3/c1-20-11-3-8(4-16-9-5-17-18-6-9)2-10(14)13(11)21-7-12(15)19/h2-3,5-6,16H,4,7H2,1H3,(H2,15,19)(H,17,18). The SMILES string of the molecule is COc1cc(CNc2cn[nH]c2)cc(Cl)c1OCC(N)=O. The van der Waals surface area contributed by atoms with Gasteiger partial charge in [-0.25, -0.2) is 0 Å². The van der Waals surface area contributed by atoms with Gasteiger partial charge in [0, 0.05) is 12.7 Å². The molecule has 2 rings (SSSR count). The lowest BCUT2D eigenvalue weighted by molar-refractivity contribution is -0.119. The molecule has 0 saturated carbocycles. The predicted molar refractivity (Wildman–Crippen MR) is 78.6 cm³/mol. The number of hydrogen-bond donors (Lipinski definition) is 3. The Morgan fingerprint density at radius 2 is 2.33 bits per heavy atom. The second-order valence-corrected chi connectivity index (χ2v) is 4.61. The van der Waals surface area contributed by atoms with E-state index in [2.05, 4.69) is 15.5 Å². The zero-order valence-corrected chi connectivity index (χ0v) is 12.1. The van der Waals surface area contributed by atoms with Crippen LogP contribution in [-0.2, 0) is 11.3 Å². The number of benzene rings is 1. The van der Waals surface area contributed by atoms with Crippen molar-refractivity contribution >= 4 is 23.2 Å². The monoisotopic (exact) mass is 310 g/mol. The van der Waals surface area contributed by atoms with Crippen LogP contribution in [0.5, 0.6) is 11.5 Å². The van der Waals surface area contributed by atoms with Gasteiger partial charge in [-0.3, -0.25) is 9.89 Å². The summed E-state index contributed by atoms with van der Waals surface area (Å²) in [7, 11) is 1.50. The first kappa shape index (κ1) is 15.0. The molecule has 4 N–H and O–H groups in total. The molecule has 0 bridgehead atoms. The largest absolute Gasteiger partial charge is 0.493 e. The van der Waals surface area contributed by atoms with E-state index in [9.17, 15) is 4.79 Å². The maximum absolute atomic E-state index is 10.8. The summed E-state index contributed by atoms with van der Waals surface area (Å²) in [6.45, 7) is 0.272. The Morgan fingerprint density at radius 1 is 1.52 bits per heavy atom. The van der Waals surface area contributed by atoms with Crippen molar-refractivity contribution < 1.29 is 14.3 Å². The fourth-order valence-corrected chi connectivity index (χ4v) is 2.00. The molecule has 2 aromatic rings. The van der Waals surface area contributed by atoms with Crippen molar-refractivity contribution in [3.8, 4) is 11.5 Å². The lowest BCUT2D eigenvalue weighted by Crippen LogP contribution is -2.20. The van der Waals surface area contributed by atoms with Crippen LogP contribution in [0.1, 0.15) is 5.56 Å². The van der Waals surface area contributed by atoms with Crippen molar-refractivity contribution in [3.63, 3.8) is 0 Å². The van der Waals surface area contributed by atoms with Crippen LogP contribution in [0.25, 0.3) is 0 Å². The van der Waals surface area contributed by atoms with Crippen LogP contribution in [0.15, 0.2) is 24.5 Å². The maximum Gasteiger partial charge on any atom is 0.255 e. The zero-order chi connectivity index (χ0) is 15.2. The minimum atomic E-state index is -0.584. The number of rotatable bonds is 7. The lowest BCUT2D eigenvalue weighted by Gasteiger charge is -2.13. The summed E-state index contributed by atoms with van der Waals surface area (Å²) in [6, 6.07) is 3.50. The van der Waals surface area contributed by atoms with Gasteiger partial charge in [-0.15, -0.1) is 0 Å². The second kappa shape index (κ2) is 6.85. The van der Waals surface area contributed by atoms with E-state index in [0.717, 1.165) is 11.3 Å². The Morgan fingerprint density at radius 3 is 2.95 bits per heavy atom. The number of aromatic amines is 1. The highest BCUT2D eigenvalue weighted by Gasteiger charge is 2.13. The molecule has 21 heavy (non-hydrogen) atoms. The first-order valence-electron chi connectivity index (χ1n) is 6.10. The molecular weight excluding hydrogens is 296 g/mol. The van der Waals surface area contributed by atoms with Crippen molar-refractivity contribution in [2.75, 3.05) is 19.0 Å². The minimum absolute atomic E-state index is 0.261. The molecule has 0 atom stereocenters. The van der Waals surface area contributed by atoms with Crippen molar-refractivity contribution in [2.24, 2.45) is 5.73 Å². The lowest BCUT2D eigenvalue weighted by atomic mass is 10.2. The fraction of sp³-hybridized carbons (Fsp3) is 0.231. The highest BCUT2D eigenvalue weighted by molar-refractivity contribution is 6.32. The smallest absolute Gasteiger partial charge is 0.255 e. The van der Waals surface area contributed by atoms with Crippen molar-refractivity contribution in [3.05, 3.63) is 35.1 Å². The Hall–Kier alpha value is -2.41. The number of primary amides is 1. The van der Waals surface area contributed by atoms with Crippen LogP contribution in [0.4, 0.5) is 5.69 Å². The normalized spacial score (nSPS) is 10.2. The number of carbonyl (C=O) groups excluding carboxylic acids is 1. The highest BCUT2D eigenvalue weighted by atomic mass is 35.5. The molecule has 0 aliphatic carbocycles. The molecule has 0 fully saturated rings. The van der Waals surface area contributed by atoms with Gasteiger partial charge in [-0.1, -0.05) is 11.6 Å². The number of nitrogens with zero attached hydrogens (tertiary/aromatic N) is 1. The summed E-state index contributed by atoms with van der Waals surface area (Å²) < 4.78 is 10.5. The number of carbonyl (C=O) groups is 1. The molecule has 0 unspecified atom stereocenters. The molecule has 0 saturated heterocycles. The number of ether oxygens (including phenoxy) is 2. The Bertz CT molecular complexity index is 616. The summed E-state index contributed by atoms with van der Waals surface area (Å²) in [5, 5.41) is 10.1. The topological polar surface area (TPSA) is 102 Å². The average Bonchev–Trinajstić information content (AvgIpc) is 2.96. The predicted octanol–water partition coefficient (Wildman–Crippen LogP) is 1.55. The molecule has 0 spiro atoms. The molecule has 0 aliphatic heterocycles. The van der Waals surface area contributed by atoms with E-state index < -0.39 is 5.91 Å². The molecule has 1 heterocycles. The van der Waals surface area contributed by atoms with Crippen LogP contribution in [0.2, 0.25) is 5.02 Å². The minimum Gasteiger partial charge on any atom is -0.493 e. The number of amides is 1. The van der Waals surface area contributed by atoms with Crippen molar-refractivity contribution in [1.29, 1.82) is 0 Å². The van der Waals surface area contributed by atoms with Gasteiger partial charge in [0.05, 0.1) is 24.0 Å². The number of nitrogens with one attached hydrogen (secondary N) is 2. The number of anilines is 1. The molecule has 7 nitrogen and oxygen atoms in total. The highest BCUT2D eigenvalue weighted by Crippen LogP contribution is 2.36. The summed E-state index contributed by atoms with van der Waals surface area (Å²) in [5.74, 6) is 0.150. The van der Waals surface area contributed by atoms with E-state index in [1.165, 1.54) is 7.11 Å². The van der Waals surface area contributed by atoms with Gasteiger partial charge in [0.15, 0.2) is 18.1 Å². The molecular formula is C13H15ClN4O3. The summed E-state index contributed by atoms with van der Waals surface area (Å²) in [4.78, 5) is 10.8. The van der Waals surface area contributed by atoms with Gasteiger partial charge in [0.25, 0.3) is 5.91 Å². The average molecular weight is 311 g/mol. The molecule has 1 amide bonds. The fourth-order valence-electron chi connectivity index (χ4n) is 1.71. The number of halogens is 1. The van der Waals surface area contributed by atoms with E-state index in [1.54, 1.807) is 24.5 Å². The molecule has 112 valence electrons. The van der Waals surface area contributed by atoms with Gasteiger partial charge < -0.3 is 20.5 Å². The Kier molecular flexibility index (Phi) is 4.89. The van der Waals surface area contributed by atoms with Gasteiger partial charge in [0.1, 0.15) is 0 Å². The molecule has 0 radical (unpaired) electrons. The number of aromatic nitrogens is 2. The van der Waals surface area contributed by atoms with Gasteiger partial charge in [-0.05, 0) is 17.7 Å². The third-order valence-electron chi connectivity index (χ3n) is 2.64. The number of methoxy groups -OCH3 is 1. The van der Waals surface area contributed by atoms with Gasteiger partial charge in [0.2, 0.25) is 0 Å². The summed E-state index contributed by atoms with van der Waals surface area (Å²) in [5.41, 5.74) is 6.80. The van der Waals surface area contributed by atoms with Crippen LogP contribution in [0, 0.1) is 0 Å². The molecule has 8 heteroatoms. The third-order valence-corrected chi connectivity index (χ3v) is 2.92. The van der Waals surface area contributed by atoms with Crippen LogP contribution in [-0.4, -0.2) is 29.8 Å². The quantitative estimate of drug-likeness (QED) is 0.720. The molecule has 0 aliphatic rings. The maximum atomic E-state index is 10.8. The van der Waals surface area contributed by atoms with Gasteiger partial charge >= 0.3 is 0 Å². The Labute approximate surface area is 126 Å². The van der Waals surface area contributed by atoms with Crippen molar-refractivity contribution in [1.82, 2.24) is 10.2 Å². The number of hydrogen-bond acceptors (Lipinski definition) is 5. The van der Waals surface area contributed by atoms with E-state index in [-0.39, 0.29) is 6.61 Å². The molecule has 1 aromatic heterocycles. The number of H-pyrrole nitrogens is 1.